The number of benzene rings is 2. The monoisotopic (exact) mass is 389 g/mol. The van der Waals surface area contributed by atoms with Crippen molar-refractivity contribution in [1.29, 1.82) is 0 Å². The van der Waals surface area contributed by atoms with Crippen molar-refractivity contribution in [3.05, 3.63) is 83.5 Å². The average molecular weight is 389 g/mol. The second-order valence-corrected chi connectivity index (χ2v) is 6.60. The van der Waals surface area contributed by atoms with Gasteiger partial charge in [0.05, 0.1) is 12.1 Å². The smallest absolute Gasteiger partial charge is 0.336 e. The van der Waals surface area contributed by atoms with Crippen LogP contribution < -0.4 is 0 Å². The molecule has 0 saturated heterocycles. The molecule has 6 nitrogen and oxygen atoms in total. The lowest BCUT2D eigenvalue weighted by molar-refractivity contribution is 0.0697. The van der Waals surface area contributed by atoms with Crippen LogP contribution in [0.2, 0.25) is 0 Å². The number of carbonyl (C=O) groups is 2. The highest BCUT2D eigenvalue weighted by molar-refractivity contribution is 5.96. The van der Waals surface area contributed by atoms with Gasteiger partial charge in [-0.05, 0) is 29.7 Å². The van der Waals surface area contributed by atoms with Gasteiger partial charge in [-0.2, -0.15) is 0 Å². The summed E-state index contributed by atoms with van der Waals surface area (Å²) in [6, 6.07) is 14.6. The summed E-state index contributed by atoms with van der Waals surface area (Å²) in [6.07, 6.45) is 4.79. The van der Waals surface area contributed by atoms with Gasteiger partial charge in [-0.25, -0.2) is 14.5 Å². The van der Waals surface area contributed by atoms with Gasteiger partial charge in [0.25, 0.3) is 0 Å². The van der Waals surface area contributed by atoms with E-state index < -0.39 is 5.97 Å². The predicted octanol–water partition coefficient (Wildman–Crippen LogP) is 4.40. The molecule has 0 saturated carbocycles. The summed E-state index contributed by atoms with van der Waals surface area (Å²) in [5.74, 6) is -0.0569. The third-order valence-corrected chi connectivity index (χ3v) is 4.62. The first-order valence-electron chi connectivity index (χ1n) is 9.53. The first-order valence-corrected chi connectivity index (χ1v) is 9.53. The van der Waals surface area contributed by atoms with Crippen molar-refractivity contribution in [2.75, 3.05) is 0 Å². The van der Waals surface area contributed by atoms with Gasteiger partial charge < -0.3 is 5.11 Å². The van der Waals surface area contributed by atoms with Gasteiger partial charge in [0.15, 0.2) is 0 Å². The summed E-state index contributed by atoms with van der Waals surface area (Å²) < 4.78 is 1.75. The Morgan fingerprint density at radius 1 is 1.10 bits per heavy atom. The molecule has 2 aromatic carbocycles. The molecular formula is C23H23N3O3. The minimum Gasteiger partial charge on any atom is -0.478 e. The van der Waals surface area contributed by atoms with Crippen molar-refractivity contribution >= 4 is 11.8 Å². The Morgan fingerprint density at radius 2 is 1.83 bits per heavy atom. The maximum atomic E-state index is 12.0. The van der Waals surface area contributed by atoms with Crippen LogP contribution in [0.4, 0.5) is 0 Å². The second-order valence-electron chi connectivity index (χ2n) is 6.60. The topological polar surface area (TPSA) is 85.1 Å². The lowest BCUT2D eigenvalue weighted by Crippen LogP contribution is -2.05. The van der Waals surface area contributed by atoms with E-state index in [0.29, 0.717) is 24.9 Å². The normalized spacial score (nSPS) is 11.1. The van der Waals surface area contributed by atoms with Crippen LogP contribution in [-0.2, 0) is 13.0 Å². The SMILES string of the molecule is C/C=C/Cn1nc(C(=O)CC)nc1Cc1ccc(-c2ccccc2C(=O)O)cc1. The van der Waals surface area contributed by atoms with Crippen LogP contribution in [0.3, 0.4) is 0 Å². The molecule has 0 unspecified atom stereocenters. The number of rotatable bonds is 8. The van der Waals surface area contributed by atoms with Gasteiger partial charge in [0.2, 0.25) is 11.6 Å². The van der Waals surface area contributed by atoms with E-state index in [0.717, 1.165) is 17.0 Å². The quantitative estimate of drug-likeness (QED) is 0.456. The molecule has 1 N–H and O–H groups in total. The van der Waals surface area contributed by atoms with Crippen molar-refractivity contribution in [3.63, 3.8) is 0 Å². The number of hydrogen-bond donors (Lipinski definition) is 1. The molecule has 0 atom stereocenters. The molecule has 0 aliphatic rings. The molecule has 3 rings (SSSR count). The van der Waals surface area contributed by atoms with Crippen LogP contribution in [0.25, 0.3) is 11.1 Å². The average Bonchev–Trinajstić information content (AvgIpc) is 3.14. The van der Waals surface area contributed by atoms with Crippen molar-refractivity contribution in [3.8, 4) is 11.1 Å². The molecule has 0 bridgehead atoms. The van der Waals surface area contributed by atoms with E-state index in [2.05, 4.69) is 10.1 Å². The van der Waals surface area contributed by atoms with E-state index in [1.807, 2.05) is 49.4 Å². The van der Waals surface area contributed by atoms with Crippen LogP contribution in [0.5, 0.6) is 0 Å². The summed E-state index contributed by atoms with van der Waals surface area (Å²) in [4.78, 5) is 27.9. The minimum absolute atomic E-state index is 0.0777. The van der Waals surface area contributed by atoms with Crippen molar-refractivity contribution in [1.82, 2.24) is 14.8 Å². The third kappa shape index (κ3) is 4.66. The highest BCUT2D eigenvalue weighted by Gasteiger charge is 2.15. The maximum Gasteiger partial charge on any atom is 0.336 e. The Labute approximate surface area is 169 Å². The van der Waals surface area contributed by atoms with E-state index in [1.54, 1.807) is 29.8 Å². The number of carbonyl (C=O) groups excluding carboxylic acids is 1. The Bertz CT molecular complexity index is 1050. The van der Waals surface area contributed by atoms with Gasteiger partial charge in [-0.15, -0.1) is 5.10 Å². The number of aromatic nitrogens is 3. The third-order valence-electron chi connectivity index (χ3n) is 4.62. The standard InChI is InChI=1S/C23H23N3O3/c1-3-5-14-26-21(24-22(25-26)20(27)4-2)15-16-10-12-17(13-11-16)18-8-6-7-9-19(18)23(28)29/h3,5-13H,4,14-15H2,1-2H3,(H,28,29)/b5-3+. The van der Waals surface area contributed by atoms with Gasteiger partial charge in [0.1, 0.15) is 5.82 Å². The molecule has 0 spiro atoms. The fraction of sp³-hybridized carbons (Fsp3) is 0.217. The molecule has 0 fully saturated rings. The zero-order valence-electron chi connectivity index (χ0n) is 16.5. The van der Waals surface area contributed by atoms with Gasteiger partial charge in [0, 0.05) is 12.8 Å². The van der Waals surface area contributed by atoms with Crippen molar-refractivity contribution in [2.24, 2.45) is 0 Å². The Hall–Kier alpha value is -3.54. The van der Waals surface area contributed by atoms with Gasteiger partial charge in [-0.1, -0.05) is 61.5 Å². The number of carboxylic acid groups (broad SMARTS) is 1. The number of aromatic carboxylic acids is 1. The first kappa shape index (κ1) is 20.2. The molecule has 148 valence electrons. The fourth-order valence-corrected chi connectivity index (χ4v) is 3.04. The lowest BCUT2D eigenvalue weighted by atomic mass is 9.98. The molecule has 0 aliphatic carbocycles. The lowest BCUT2D eigenvalue weighted by Gasteiger charge is -2.08. The molecule has 0 amide bonds. The van der Waals surface area contributed by atoms with Crippen LogP contribution in [0.1, 0.15) is 52.6 Å². The number of nitrogens with zero attached hydrogens (tertiary/aromatic N) is 3. The molecule has 6 heteroatoms. The molecule has 29 heavy (non-hydrogen) atoms. The number of carboxylic acids is 1. The summed E-state index contributed by atoms with van der Waals surface area (Å²) in [5, 5.41) is 13.7. The fourth-order valence-electron chi connectivity index (χ4n) is 3.04. The van der Waals surface area contributed by atoms with Crippen LogP contribution >= 0.6 is 0 Å². The summed E-state index contributed by atoms with van der Waals surface area (Å²) in [6.45, 7) is 4.28. The largest absolute Gasteiger partial charge is 0.478 e. The summed E-state index contributed by atoms with van der Waals surface area (Å²) in [5.41, 5.74) is 2.79. The van der Waals surface area contributed by atoms with E-state index >= 15 is 0 Å². The van der Waals surface area contributed by atoms with Crippen LogP contribution in [0, 0.1) is 0 Å². The first-order chi connectivity index (χ1) is 14.0. The van der Waals surface area contributed by atoms with E-state index in [9.17, 15) is 14.7 Å². The zero-order chi connectivity index (χ0) is 20.8. The van der Waals surface area contributed by atoms with Crippen molar-refractivity contribution in [2.45, 2.75) is 33.2 Å². The van der Waals surface area contributed by atoms with E-state index in [4.69, 9.17) is 0 Å². The number of Topliss-reactive ketones (excluding diaryl/α,β-unsaturated/α-hetero) is 1. The molecule has 1 heterocycles. The Morgan fingerprint density at radius 3 is 2.48 bits per heavy atom. The Kier molecular flexibility index (Phi) is 6.34. The van der Waals surface area contributed by atoms with Gasteiger partial charge >= 0.3 is 5.97 Å². The molecular weight excluding hydrogens is 366 g/mol. The maximum absolute atomic E-state index is 12.0. The number of hydrogen-bond acceptors (Lipinski definition) is 4. The number of allylic oxidation sites excluding steroid dienone is 2. The Balaban J connectivity index is 1.87. The summed E-state index contributed by atoms with van der Waals surface area (Å²) in [7, 11) is 0. The van der Waals surface area contributed by atoms with E-state index in [1.165, 1.54) is 0 Å². The highest BCUT2D eigenvalue weighted by atomic mass is 16.4. The van der Waals surface area contributed by atoms with Crippen molar-refractivity contribution < 1.29 is 14.7 Å². The second kappa shape index (κ2) is 9.10. The molecule has 0 radical (unpaired) electrons. The zero-order valence-corrected chi connectivity index (χ0v) is 16.5. The van der Waals surface area contributed by atoms with E-state index in [-0.39, 0.29) is 17.2 Å². The summed E-state index contributed by atoms with van der Waals surface area (Å²) >= 11 is 0. The predicted molar refractivity (Wildman–Crippen MR) is 111 cm³/mol. The molecule has 1 aromatic heterocycles. The highest BCUT2D eigenvalue weighted by Crippen LogP contribution is 2.24. The van der Waals surface area contributed by atoms with Gasteiger partial charge in [-0.3, -0.25) is 4.79 Å². The molecule has 0 aliphatic heterocycles. The van der Waals surface area contributed by atoms with Crippen LogP contribution in [-0.4, -0.2) is 31.6 Å². The van der Waals surface area contributed by atoms with Crippen LogP contribution in [0.15, 0.2) is 60.7 Å². The minimum atomic E-state index is -0.949. The molecule has 3 aromatic rings. The number of ketones is 1.